The number of alkyl halides is 3. The zero-order valence-electron chi connectivity index (χ0n) is 18.2. The number of amides is 1. The van der Waals surface area contributed by atoms with Crippen LogP contribution in [-0.4, -0.2) is 37.5 Å². The smallest absolute Gasteiger partial charge is 0.420 e. The minimum atomic E-state index is -4.65. The van der Waals surface area contributed by atoms with Crippen LogP contribution in [0, 0.1) is 6.92 Å². The summed E-state index contributed by atoms with van der Waals surface area (Å²) in [5.74, 6) is -0.639. The Balaban J connectivity index is 1.62. The predicted octanol–water partition coefficient (Wildman–Crippen LogP) is 5.32. The van der Waals surface area contributed by atoms with E-state index in [4.69, 9.17) is 4.74 Å². The van der Waals surface area contributed by atoms with E-state index in [0.717, 1.165) is 24.8 Å². The number of benzene rings is 2. The Bertz CT molecular complexity index is 1420. The predicted molar refractivity (Wildman–Crippen MR) is 124 cm³/mol. The molecule has 0 saturated heterocycles. The summed E-state index contributed by atoms with van der Waals surface area (Å²) in [6, 6.07) is 8.04. The highest BCUT2D eigenvalue weighted by Gasteiger charge is 2.34. The number of hydrogen-bond acceptors (Lipinski definition) is 9. The number of hydrogen-bond donors (Lipinski definition) is 3. The van der Waals surface area contributed by atoms with Crippen molar-refractivity contribution < 1.29 is 27.3 Å². The van der Waals surface area contributed by atoms with Crippen molar-refractivity contribution in [3.63, 3.8) is 0 Å². The Hall–Kier alpha value is -3.97. The number of aryl methyl sites for hydroxylation is 1. The quantitative estimate of drug-likeness (QED) is 0.238. The number of rotatable bonds is 6. The largest absolute Gasteiger partial charge is 0.496 e. The molecule has 0 aliphatic heterocycles. The molecule has 180 valence electrons. The maximum atomic E-state index is 13.3. The summed E-state index contributed by atoms with van der Waals surface area (Å²) >= 11 is 0.377. The summed E-state index contributed by atoms with van der Waals surface area (Å²) in [6.45, 7) is 1.80. The Morgan fingerprint density at radius 1 is 1.11 bits per heavy atom. The van der Waals surface area contributed by atoms with E-state index >= 15 is 0 Å². The zero-order chi connectivity index (χ0) is 25.2. The minimum Gasteiger partial charge on any atom is -0.496 e. The van der Waals surface area contributed by atoms with Gasteiger partial charge >= 0.3 is 6.18 Å². The lowest BCUT2D eigenvalue weighted by Crippen LogP contribution is -2.14. The molecule has 0 spiro atoms. The summed E-state index contributed by atoms with van der Waals surface area (Å²) in [4.78, 5) is 29.3. The molecule has 2 heterocycles. The third kappa shape index (κ3) is 5.25. The van der Waals surface area contributed by atoms with Gasteiger partial charge in [0.25, 0.3) is 5.91 Å². The average Bonchev–Trinajstić information content (AvgIpc) is 2.84. The Morgan fingerprint density at radius 3 is 2.63 bits per heavy atom. The topological polar surface area (TPSA) is 122 Å². The van der Waals surface area contributed by atoms with Crippen LogP contribution in [0.5, 0.6) is 5.75 Å². The lowest BCUT2D eigenvalue weighted by Gasteiger charge is -2.15. The van der Waals surface area contributed by atoms with E-state index in [1.54, 1.807) is 19.1 Å². The molecule has 1 amide bonds. The van der Waals surface area contributed by atoms with Crippen LogP contribution >= 0.6 is 12.0 Å². The molecule has 0 atom stereocenters. The number of methoxy groups -OCH3 is 1. The second kappa shape index (κ2) is 9.72. The first-order valence-corrected chi connectivity index (χ1v) is 10.7. The van der Waals surface area contributed by atoms with Gasteiger partial charge in [-0.3, -0.25) is 4.79 Å². The fraction of sp³-hybridized carbons (Fsp3) is 0.136. The fourth-order valence-corrected chi connectivity index (χ4v) is 3.44. The lowest BCUT2D eigenvalue weighted by molar-refractivity contribution is -0.138. The van der Waals surface area contributed by atoms with E-state index in [0.29, 0.717) is 34.6 Å². The van der Waals surface area contributed by atoms with Crippen molar-refractivity contribution in [1.82, 2.24) is 19.9 Å². The van der Waals surface area contributed by atoms with Crippen LogP contribution in [0.2, 0.25) is 0 Å². The molecular formula is C22H17F3N6O3S. The molecule has 2 aromatic heterocycles. The van der Waals surface area contributed by atoms with Crippen LogP contribution in [0.3, 0.4) is 0 Å². The molecule has 0 radical (unpaired) electrons. The Morgan fingerprint density at radius 2 is 1.91 bits per heavy atom. The van der Waals surface area contributed by atoms with Gasteiger partial charge in [-0.15, -0.1) is 0 Å². The number of fused-ring (bicyclic) bond motifs is 1. The highest BCUT2D eigenvalue weighted by atomic mass is 32.2. The Labute approximate surface area is 201 Å². The molecule has 4 rings (SSSR count). The summed E-state index contributed by atoms with van der Waals surface area (Å²) in [5.41, 5.74) is 1.23. The van der Waals surface area contributed by atoms with Crippen molar-refractivity contribution in [2.24, 2.45) is 0 Å². The average molecular weight is 502 g/mol. The maximum absolute atomic E-state index is 13.3. The van der Waals surface area contributed by atoms with Crippen LogP contribution in [0.4, 0.5) is 30.4 Å². The number of nitrogens with zero attached hydrogens (tertiary/aromatic N) is 4. The number of aromatic nitrogens is 4. The maximum Gasteiger partial charge on any atom is 0.420 e. The number of ether oxygens (including phenoxy) is 1. The monoisotopic (exact) mass is 502 g/mol. The fourth-order valence-electron chi connectivity index (χ4n) is 3.21. The van der Waals surface area contributed by atoms with E-state index in [1.165, 1.54) is 24.7 Å². The molecule has 4 aromatic rings. The second-order valence-electron chi connectivity index (χ2n) is 7.22. The van der Waals surface area contributed by atoms with E-state index in [-0.39, 0.29) is 22.2 Å². The van der Waals surface area contributed by atoms with Gasteiger partial charge in [-0.05, 0) is 42.8 Å². The highest BCUT2D eigenvalue weighted by Crippen LogP contribution is 2.38. The van der Waals surface area contributed by atoms with Gasteiger partial charge in [-0.25, -0.2) is 19.9 Å². The van der Waals surface area contributed by atoms with E-state index in [9.17, 15) is 22.5 Å². The van der Waals surface area contributed by atoms with Crippen LogP contribution in [-0.2, 0) is 6.18 Å². The van der Waals surface area contributed by atoms with Gasteiger partial charge in [0.15, 0.2) is 5.82 Å². The molecule has 0 fully saturated rings. The van der Waals surface area contributed by atoms with Crippen molar-refractivity contribution in [2.45, 2.75) is 18.3 Å². The van der Waals surface area contributed by atoms with Crippen molar-refractivity contribution in [3.8, 4) is 5.75 Å². The molecule has 9 nitrogen and oxygen atoms in total. The summed E-state index contributed by atoms with van der Waals surface area (Å²) in [5, 5.41) is 5.68. The van der Waals surface area contributed by atoms with Crippen LogP contribution in [0.1, 0.15) is 21.5 Å². The van der Waals surface area contributed by atoms with E-state index in [2.05, 4.69) is 30.6 Å². The Kier molecular flexibility index (Phi) is 6.71. The number of anilines is 3. The number of carbonyl (C=O) groups is 1. The first kappa shape index (κ1) is 24.2. The highest BCUT2D eigenvalue weighted by molar-refractivity contribution is 7.93. The SMILES string of the molecule is COc1ccc(NC(=O)c2ccc(C)c(Nc3ncnc4cnc(SO)nc34)c2)cc1C(F)(F)F. The van der Waals surface area contributed by atoms with Crippen LogP contribution < -0.4 is 15.4 Å². The van der Waals surface area contributed by atoms with Gasteiger partial charge in [-0.2, -0.15) is 13.2 Å². The van der Waals surface area contributed by atoms with Crippen molar-refractivity contribution in [3.05, 3.63) is 65.6 Å². The number of nitrogens with one attached hydrogen (secondary N) is 2. The third-order valence-corrected chi connectivity index (χ3v) is 5.31. The van der Waals surface area contributed by atoms with E-state index in [1.807, 2.05) is 0 Å². The molecule has 0 aliphatic rings. The molecule has 2 aromatic carbocycles. The summed E-state index contributed by atoms with van der Waals surface area (Å²) in [7, 11) is 1.14. The van der Waals surface area contributed by atoms with Gasteiger partial charge < -0.3 is 19.9 Å². The van der Waals surface area contributed by atoms with Gasteiger partial charge in [0.05, 0.1) is 30.9 Å². The molecule has 0 bridgehead atoms. The first-order chi connectivity index (χ1) is 16.7. The van der Waals surface area contributed by atoms with Crippen molar-refractivity contribution >= 4 is 46.2 Å². The molecule has 0 unspecified atom stereocenters. The zero-order valence-corrected chi connectivity index (χ0v) is 19.0. The number of halogens is 3. The van der Waals surface area contributed by atoms with Gasteiger partial charge in [0, 0.05) is 16.9 Å². The molecule has 0 saturated carbocycles. The van der Waals surface area contributed by atoms with Crippen molar-refractivity contribution in [2.75, 3.05) is 17.7 Å². The van der Waals surface area contributed by atoms with Crippen LogP contribution in [0.25, 0.3) is 11.0 Å². The molecule has 13 heteroatoms. The minimum absolute atomic E-state index is 0.0364. The summed E-state index contributed by atoms with van der Waals surface area (Å²) < 4.78 is 53.9. The first-order valence-electron chi connectivity index (χ1n) is 9.93. The normalized spacial score (nSPS) is 11.4. The molecule has 0 aliphatic carbocycles. The summed E-state index contributed by atoms with van der Waals surface area (Å²) in [6.07, 6.45) is -1.90. The molecule has 3 N–H and O–H groups in total. The lowest BCUT2D eigenvalue weighted by atomic mass is 10.1. The van der Waals surface area contributed by atoms with Gasteiger partial charge in [-0.1, -0.05) is 6.07 Å². The van der Waals surface area contributed by atoms with Gasteiger partial charge in [0.2, 0.25) is 5.16 Å². The third-order valence-electron chi connectivity index (χ3n) is 4.95. The molecule has 35 heavy (non-hydrogen) atoms. The molecular weight excluding hydrogens is 485 g/mol. The number of carbonyl (C=O) groups excluding carboxylic acids is 1. The van der Waals surface area contributed by atoms with Crippen molar-refractivity contribution in [1.29, 1.82) is 0 Å². The van der Waals surface area contributed by atoms with Crippen LogP contribution in [0.15, 0.2) is 54.1 Å². The van der Waals surface area contributed by atoms with E-state index < -0.39 is 17.6 Å². The second-order valence-corrected chi connectivity index (χ2v) is 7.77. The van der Waals surface area contributed by atoms with Gasteiger partial charge in [0.1, 0.15) is 23.1 Å². The standard InChI is InChI=1S/C22H17F3N6O3S/c1-11-3-4-12(20(32)29-13-5-6-17(34-2)14(8-13)22(23,24)25)7-15(11)30-19-18-16(27-10-28-19)9-26-21(31-18)35-33/h3-10,33H,1-2H3,(H,29,32)(H,27,28,30).